The molecule has 1 aliphatic heterocycles. The molecule has 146 valence electrons. The number of Topliss-reactive ketones (excluding diaryl/α,β-unsaturated/α-hetero) is 1. The number of nitrogens with zero attached hydrogens (tertiary/aromatic N) is 1. The number of ketones is 1. The van der Waals surface area contributed by atoms with Gasteiger partial charge >= 0.3 is 0 Å². The largest absolute Gasteiger partial charge is 0.512 e. The summed E-state index contributed by atoms with van der Waals surface area (Å²) in [4.78, 5) is 12.5. The Morgan fingerprint density at radius 3 is 2.37 bits per heavy atom. The van der Waals surface area contributed by atoms with E-state index in [0.29, 0.717) is 25.0 Å². The van der Waals surface area contributed by atoms with E-state index in [1.54, 1.807) is 30.3 Å². The summed E-state index contributed by atoms with van der Waals surface area (Å²) in [6.45, 7) is 8.66. The van der Waals surface area contributed by atoms with E-state index in [0.717, 1.165) is 17.6 Å². The summed E-state index contributed by atoms with van der Waals surface area (Å²) in [7, 11) is -3.87. The number of hydrogen-bond acceptors (Lipinski definition) is 4. The summed E-state index contributed by atoms with van der Waals surface area (Å²) in [5.74, 6) is -0.539. The number of aliphatic hydroxyl groups excluding tert-OH is 1. The van der Waals surface area contributed by atoms with Gasteiger partial charge in [-0.25, -0.2) is 8.42 Å². The zero-order valence-electron chi connectivity index (χ0n) is 16.2. The van der Waals surface area contributed by atoms with E-state index in [-0.39, 0.29) is 28.6 Å². The molecule has 1 N–H and O–H groups in total. The first-order valence-electron chi connectivity index (χ1n) is 9.03. The third-order valence-electron chi connectivity index (χ3n) is 4.62. The van der Waals surface area contributed by atoms with Crippen LogP contribution in [0.2, 0.25) is 0 Å². The van der Waals surface area contributed by atoms with Gasteiger partial charge in [-0.1, -0.05) is 23.8 Å². The van der Waals surface area contributed by atoms with E-state index in [4.69, 9.17) is 0 Å². The predicted molar refractivity (Wildman–Crippen MR) is 107 cm³/mol. The van der Waals surface area contributed by atoms with E-state index in [1.165, 1.54) is 18.2 Å². The maximum absolute atomic E-state index is 13.4. The van der Waals surface area contributed by atoms with Gasteiger partial charge in [0.1, 0.15) is 5.76 Å². The minimum atomic E-state index is -3.87. The van der Waals surface area contributed by atoms with Crippen molar-refractivity contribution >= 4 is 15.8 Å². The van der Waals surface area contributed by atoms with Gasteiger partial charge in [-0.3, -0.25) is 9.10 Å². The second-order valence-corrected chi connectivity index (χ2v) is 8.67. The Labute approximate surface area is 161 Å². The maximum atomic E-state index is 13.4. The highest BCUT2D eigenvalue weighted by atomic mass is 32.2. The van der Waals surface area contributed by atoms with Crippen LogP contribution in [0.5, 0.6) is 0 Å². The van der Waals surface area contributed by atoms with Crippen molar-refractivity contribution in [2.24, 2.45) is 0 Å². The highest BCUT2D eigenvalue weighted by Gasteiger charge is 2.33. The van der Waals surface area contributed by atoms with Crippen LogP contribution >= 0.6 is 0 Å². The summed E-state index contributed by atoms with van der Waals surface area (Å²) in [5, 5.41) is 10.2. The van der Waals surface area contributed by atoms with E-state index < -0.39 is 10.0 Å². The van der Waals surface area contributed by atoms with E-state index in [9.17, 15) is 18.3 Å². The average molecular weight is 390 g/mol. The molecule has 0 spiro atoms. The van der Waals surface area contributed by atoms with Crippen molar-refractivity contribution in [2.75, 3.05) is 6.54 Å². The van der Waals surface area contributed by atoms with Gasteiger partial charge < -0.3 is 5.11 Å². The lowest BCUT2D eigenvalue weighted by atomic mass is 9.97. The summed E-state index contributed by atoms with van der Waals surface area (Å²) < 4.78 is 28.1. The first-order chi connectivity index (χ1) is 12.7. The molecule has 2 rings (SSSR count). The van der Waals surface area contributed by atoms with Crippen LogP contribution in [0.25, 0.3) is 0 Å². The van der Waals surface area contributed by atoms with Crippen molar-refractivity contribution in [2.45, 2.75) is 51.3 Å². The monoisotopic (exact) mass is 389 g/mol. The third-order valence-corrected chi connectivity index (χ3v) is 6.44. The van der Waals surface area contributed by atoms with Gasteiger partial charge in [-0.05, 0) is 64.2 Å². The minimum Gasteiger partial charge on any atom is -0.512 e. The van der Waals surface area contributed by atoms with Crippen LogP contribution in [0.4, 0.5) is 0 Å². The lowest BCUT2D eigenvalue weighted by Gasteiger charge is -2.28. The maximum Gasteiger partial charge on any atom is 0.264 e. The highest BCUT2D eigenvalue weighted by Crippen LogP contribution is 2.35. The molecule has 0 aliphatic carbocycles. The first kappa shape index (κ1) is 21.0. The standard InChI is InChI=1S/C21H27NO4S/c1-5-8-18-9-6-7-14-22(21(18)20(16(3)23)17(4)24)27(25,26)19-12-10-15(2)11-13-19/h5,10-13,23H,1,6-9,14H2,2-4H3. The van der Waals surface area contributed by atoms with Crippen LogP contribution in [0.3, 0.4) is 0 Å². The van der Waals surface area contributed by atoms with Crippen LogP contribution in [-0.4, -0.2) is 30.2 Å². The predicted octanol–water partition coefficient (Wildman–Crippen LogP) is 4.42. The van der Waals surface area contributed by atoms with Gasteiger partial charge in [0.15, 0.2) is 5.78 Å². The van der Waals surface area contributed by atoms with Gasteiger partial charge in [0, 0.05) is 6.54 Å². The molecule has 1 aliphatic rings. The second-order valence-electron chi connectivity index (χ2n) is 6.81. The Balaban J connectivity index is 2.75. The molecule has 1 aromatic rings. The van der Waals surface area contributed by atoms with E-state index >= 15 is 0 Å². The molecule has 1 aromatic carbocycles. The molecule has 0 aromatic heterocycles. The topological polar surface area (TPSA) is 74.7 Å². The molecule has 27 heavy (non-hydrogen) atoms. The highest BCUT2D eigenvalue weighted by molar-refractivity contribution is 7.89. The minimum absolute atomic E-state index is 0.0597. The molecule has 0 saturated heterocycles. The lowest BCUT2D eigenvalue weighted by Crippen LogP contribution is -2.33. The third kappa shape index (κ3) is 4.50. The molecule has 6 heteroatoms. The number of aliphatic hydroxyl groups is 1. The van der Waals surface area contributed by atoms with Gasteiger partial charge in [-0.2, -0.15) is 0 Å². The smallest absolute Gasteiger partial charge is 0.264 e. The Morgan fingerprint density at radius 2 is 1.85 bits per heavy atom. The van der Waals surface area contributed by atoms with Crippen LogP contribution < -0.4 is 0 Å². The molecule has 0 radical (unpaired) electrons. The van der Waals surface area contributed by atoms with Crippen LogP contribution in [0, 0.1) is 6.92 Å². The molecular formula is C21H27NO4S. The summed E-state index contributed by atoms with van der Waals surface area (Å²) in [6, 6.07) is 6.64. The van der Waals surface area contributed by atoms with Crippen molar-refractivity contribution < 1.29 is 18.3 Å². The van der Waals surface area contributed by atoms with Crippen molar-refractivity contribution in [1.29, 1.82) is 0 Å². The van der Waals surface area contributed by atoms with Crippen LogP contribution in [0.1, 0.15) is 45.1 Å². The zero-order valence-corrected chi connectivity index (χ0v) is 17.0. The number of sulfonamides is 1. The number of aryl methyl sites for hydroxylation is 1. The quantitative estimate of drug-likeness (QED) is 0.444. The van der Waals surface area contributed by atoms with Crippen molar-refractivity contribution in [3.63, 3.8) is 0 Å². The summed E-state index contributed by atoms with van der Waals surface area (Å²) in [6.07, 6.45) is 4.29. The van der Waals surface area contributed by atoms with Crippen LogP contribution in [-0.2, 0) is 14.8 Å². The summed E-state index contributed by atoms with van der Waals surface area (Å²) in [5.41, 5.74) is 2.13. The normalized spacial score (nSPS) is 16.6. The fraction of sp³-hybridized carbons (Fsp3) is 0.381. The molecular weight excluding hydrogens is 362 g/mol. The fourth-order valence-electron chi connectivity index (χ4n) is 3.35. The van der Waals surface area contributed by atoms with E-state index in [2.05, 4.69) is 6.58 Å². The lowest BCUT2D eigenvalue weighted by molar-refractivity contribution is -0.113. The van der Waals surface area contributed by atoms with E-state index in [1.807, 2.05) is 6.92 Å². The van der Waals surface area contributed by atoms with Crippen molar-refractivity contribution in [3.05, 3.63) is 65.1 Å². The summed E-state index contributed by atoms with van der Waals surface area (Å²) >= 11 is 0. The number of hydrogen-bond donors (Lipinski definition) is 1. The SMILES string of the molecule is C=CCC1=C(C(C(C)=O)=C(C)O)N(S(=O)(=O)c2ccc(C)cc2)CCCC1. The molecule has 0 unspecified atom stereocenters. The van der Waals surface area contributed by atoms with Gasteiger partial charge in [0.2, 0.25) is 0 Å². The molecule has 0 fully saturated rings. The zero-order chi connectivity index (χ0) is 20.2. The molecule has 0 bridgehead atoms. The van der Waals surface area contributed by atoms with Crippen LogP contribution in [0.15, 0.2) is 64.4 Å². The van der Waals surface area contributed by atoms with Gasteiger partial charge in [-0.15, -0.1) is 6.58 Å². The molecule has 0 saturated carbocycles. The Hall–Kier alpha value is -2.34. The number of benzene rings is 1. The molecule has 0 atom stereocenters. The Kier molecular flexibility index (Phi) is 6.65. The fourth-order valence-corrected chi connectivity index (χ4v) is 4.91. The average Bonchev–Trinajstić information content (AvgIpc) is 2.78. The van der Waals surface area contributed by atoms with Crippen molar-refractivity contribution in [1.82, 2.24) is 4.31 Å². The Bertz CT molecular complexity index is 889. The molecule has 5 nitrogen and oxygen atoms in total. The first-order valence-corrected chi connectivity index (χ1v) is 10.5. The van der Waals surface area contributed by atoms with Gasteiger partial charge in [0.25, 0.3) is 10.0 Å². The van der Waals surface area contributed by atoms with Gasteiger partial charge in [0.05, 0.1) is 16.2 Å². The van der Waals surface area contributed by atoms with Crippen molar-refractivity contribution in [3.8, 4) is 0 Å². The molecule has 1 heterocycles. The number of carbonyl (C=O) groups excluding carboxylic acids is 1. The molecule has 0 amide bonds. The number of allylic oxidation sites excluding steroid dienone is 4. The number of rotatable bonds is 6. The number of carbonyl (C=O) groups is 1. The second kappa shape index (κ2) is 8.57. The Morgan fingerprint density at radius 1 is 1.22 bits per heavy atom.